The first-order valence-corrected chi connectivity index (χ1v) is 10.5. The summed E-state index contributed by atoms with van der Waals surface area (Å²) in [5.74, 6) is 1.40. The number of anilines is 1. The molecule has 0 fully saturated rings. The summed E-state index contributed by atoms with van der Waals surface area (Å²) in [5, 5.41) is 12.3. The number of thioether (sulfide) groups is 1. The monoisotopic (exact) mass is 444 g/mol. The molecule has 2 aromatic carbocycles. The van der Waals surface area contributed by atoms with E-state index in [1.165, 1.54) is 5.56 Å². The number of carbonyl (C=O) groups is 1. The van der Waals surface area contributed by atoms with E-state index in [4.69, 9.17) is 0 Å². The molecular formula is C20H21BrN4OS. The van der Waals surface area contributed by atoms with Gasteiger partial charge in [0.1, 0.15) is 5.82 Å². The average Bonchev–Trinajstić information content (AvgIpc) is 3.04. The van der Waals surface area contributed by atoms with Crippen molar-refractivity contribution in [2.75, 3.05) is 5.32 Å². The quantitative estimate of drug-likeness (QED) is 0.529. The molecule has 7 heteroatoms. The molecule has 27 heavy (non-hydrogen) atoms. The van der Waals surface area contributed by atoms with E-state index in [-0.39, 0.29) is 12.3 Å². The van der Waals surface area contributed by atoms with Crippen molar-refractivity contribution < 1.29 is 4.79 Å². The van der Waals surface area contributed by atoms with E-state index in [1.807, 2.05) is 54.8 Å². The van der Waals surface area contributed by atoms with E-state index in [0.717, 1.165) is 33.2 Å². The second-order valence-electron chi connectivity index (χ2n) is 6.15. The lowest BCUT2D eigenvalue weighted by molar-refractivity contribution is -0.115. The molecule has 1 aromatic heterocycles. The van der Waals surface area contributed by atoms with Crippen LogP contribution in [0, 0.1) is 6.92 Å². The number of nitrogens with zero attached hydrogens (tertiary/aromatic N) is 3. The molecule has 140 valence electrons. The van der Waals surface area contributed by atoms with Gasteiger partial charge in [-0.15, -0.1) is 10.2 Å². The second-order valence-corrected chi connectivity index (χ2v) is 8.01. The van der Waals surface area contributed by atoms with Gasteiger partial charge in [-0.25, -0.2) is 0 Å². The van der Waals surface area contributed by atoms with Gasteiger partial charge in [-0.1, -0.05) is 57.5 Å². The van der Waals surface area contributed by atoms with Gasteiger partial charge in [-0.3, -0.25) is 4.79 Å². The molecule has 0 radical (unpaired) electrons. The summed E-state index contributed by atoms with van der Waals surface area (Å²) >= 11 is 5.07. The largest absolute Gasteiger partial charge is 0.326 e. The number of aromatic nitrogens is 3. The molecule has 0 saturated heterocycles. The molecule has 0 spiro atoms. The minimum absolute atomic E-state index is 0.0922. The number of hydrogen-bond acceptors (Lipinski definition) is 4. The van der Waals surface area contributed by atoms with Crippen molar-refractivity contribution in [1.82, 2.24) is 14.8 Å². The lowest BCUT2D eigenvalue weighted by Crippen LogP contribution is -2.17. The Kier molecular flexibility index (Phi) is 6.68. The maximum Gasteiger partial charge on any atom is 0.232 e. The van der Waals surface area contributed by atoms with Gasteiger partial charge in [0, 0.05) is 22.5 Å². The molecule has 1 heterocycles. The standard InChI is InChI=1S/C20H21BrN4OS/c1-3-25-18(12-19(26)22-17-10-4-14(2)5-11-17)23-24-20(25)27-13-15-6-8-16(21)9-7-15/h4-11H,3,12-13H2,1-2H3,(H,22,26). The van der Waals surface area contributed by atoms with Gasteiger partial charge in [-0.05, 0) is 43.7 Å². The van der Waals surface area contributed by atoms with E-state index < -0.39 is 0 Å². The highest BCUT2D eigenvalue weighted by Gasteiger charge is 2.15. The summed E-state index contributed by atoms with van der Waals surface area (Å²) in [4.78, 5) is 12.4. The molecular weight excluding hydrogens is 424 g/mol. The van der Waals surface area contributed by atoms with E-state index in [0.29, 0.717) is 5.82 Å². The fourth-order valence-corrected chi connectivity index (χ4v) is 3.83. The Balaban J connectivity index is 1.63. The third-order valence-electron chi connectivity index (χ3n) is 4.04. The van der Waals surface area contributed by atoms with Crippen LogP contribution in [0.15, 0.2) is 58.2 Å². The molecule has 0 saturated carbocycles. The van der Waals surface area contributed by atoms with Crippen LogP contribution in [-0.2, 0) is 23.5 Å². The summed E-state index contributed by atoms with van der Waals surface area (Å²) in [7, 11) is 0. The van der Waals surface area contributed by atoms with E-state index in [1.54, 1.807) is 11.8 Å². The van der Waals surface area contributed by atoms with Crippen LogP contribution >= 0.6 is 27.7 Å². The summed E-state index contributed by atoms with van der Waals surface area (Å²) in [6.45, 7) is 4.78. The predicted octanol–water partition coefficient (Wildman–Crippen LogP) is 4.84. The van der Waals surface area contributed by atoms with Crippen LogP contribution in [0.25, 0.3) is 0 Å². The van der Waals surface area contributed by atoms with E-state index in [2.05, 4.69) is 43.6 Å². The third kappa shape index (κ3) is 5.43. The Morgan fingerprint density at radius 1 is 1.11 bits per heavy atom. The average molecular weight is 445 g/mol. The van der Waals surface area contributed by atoms with Gasteiger partial charge in [0.2, 0.25) is 5.91 Å². The molecule has 0 atom stereocenters. The molecule has 5 nitrogen and oxygen atoms in total. The Morgan fingerprint density at radius 2 is 1.81 bits per heavy atom. The second kappa shape index (κ2) is 9.19. The fraction of sp³-hybridized carbons (Fsp3) is 0.250. The van der Waals surface area contributed by atoms with Crippen LogP contribution in [-0.4, -0.2) is 20.7 Å². The molecule has 1 N–H and O–H groups in total. The van der Waals surface area contributed by atoms with Crippen molar-refractivity contribution in [3.8, 4) is 0 Å². The lowest BCUT2D eigenvalue weighted by atomic mass is 10.2. The summed E-state index contributed by atoms with van der Waals surface area (Å²) in [5.41, 5.74) is 3.16. The van der Waals surface area contributed by atoms with E-state index >= 15 is 0 Å². The molecule has 1 amide bonds. The maximum atomic E-state index is 12.4. The smallest absolute Gasteiger partial charge is 0.232 e. The zero-order valence-electron chi connectivity index (χ0n) is 15.3. The number of aryl methyl sites for hydroxylation is 1. The Morgan fingerprint density at radius 3 is 2.48 bits per heavy atom. The molecule has 3 rings (SSSR count). The first-order valence-electron chi connectivity index (χ1n) is 8.71. The zero-order valence-corrected chi connectivity index (χ0v) is 17.7. The van der Waals surface area contributed by atoms with E-state index in [9.17, 15) is 4.79 Å². The number of benzene rings is 2. The van der Waals surface area contributed by atoms with Crippen molar-refractivity contribution in [2.24, 2.45) is 0 Å². The number of hydrogen-bond donors (Lipinski definition) is 1. The fourth-order valence-electron chi connectivity index (χ4n) is 2.59. The molecule has 3 aromatic rings. The van der Waals surface area contributed by atoms with Crippen molar-refractivity contribution in [3.63, 3.8) is 0 Å². The highest BCUT2D eigenvalue weighted by Crippen LogP contribution is 2.23. The predicted molar refractivity (Wildman–Crippen MR) is 113 cm³/mol. The SMILES string of the molecule is CCn1c(CC(=O)Nc2ccc(C)cc2)nnc1SCc1ccc(Br)cc1. The first kappa shape index (κ1) is 19.6. The molecule has 0 aliphatic rings. The summed E-state index contributed by atoms with van der Waals surface area (Å²) < 4.78 is 3.06. The molecule has 0 bridgehead atoms. The summed E-state index contributed by atoms with van der Waals surface area (Å²) in [6.07, 6.45) is 0.202. The highest BCUT2D eigenvalue weighted by molar-refractivity contribution is 9.10. The number of carbonyl (C=O) groups excluding carboxylic acids is 1. The van der Waals surface area contributed by atoms with Crippen molar-refractivity contribution in [1.29, 1.82) is 0 Å². The lowest BCUT2D eigenvalue weighted by Gasteiger charge is -2.08. The van der Waals surface area contributed by atoms with Gasteiger partial charge >= 0.3 is 0 Å². The van der Waals surface area contributed by atoms with Crippen LogP contribution in [0.3, 0.4) is 0 Å². The maximum absolute atomic E-state index is 12.4. The van der Waals surface area contributed by atoms with Crippen LogP contribution in [0.5, 0.6) is 0 Å². The zero-order chi connectivity index (χ0) is 19.2. The molecule has 0 unspecified atom stereocenters. The minimum Gasteiger partial charge on any atom is -0.326 e. The van der Waals surface area contributed by atoms with Crippen LogP contribution in [0.1, 0.15) is 23.9 Å². The topological polar surface area (TPSA) is 59.8 Å². The normalized spacial score (nSPS) is 10.8. The van der Waals surface area contributed by atoms with Crippen molar-refractivity contribution in [3.05, 3.63) is 70.0 Å². The van der Waals surface area contributed by atoms with Crippen molar-refractivity contribution >= 4 is 39.3 Å². The Hall–Kier alpha value is -2.12. The number of halogens is 1. The molecule has 0 aliphatic heterocycles. The Bertz CT molecular complexity index is 907. The number of amides is 1. The van der Waals surface area contributed by atoms with Gasteiger partial charge in [0.25, 0.3) is 0 Å². The van der Waals surface area contributed by atoms with Crippen molar-refractivity contribution in [2.45, 2.75) is 37.7 Å². The van der Waals surface area contributed by atoms with Crippen LogP contribution < -0.4 is 5.32 Å². The van der Waals surface area contributed by atoms with Gasteiger partial charge in [0.05, 0.1) is 6.42 Å². The minimum atomic E-state index is -0.0922. The number of nitrogens with one attached hydrogen (secondary N) is 1. The van der Waals surface area contributed by atoms with Gasteiger partial charge in [0.15, 0.2) is 5.16 Å². The summed E-state index contributed by atoms with van der Waals surface area (Å²) in [6, 6.07) is 16.0. The first-order chi connectivity index (χ1) is 13.0. The molecule has 0 aliphatic carbocycles. The Labute approximate surface area is 171 Å². The number of rotatable bonds is 7. The van der Waals surface area contributed by atoms with Crippen LogP contribution in [0.4, 0.5) is 5.69 Å². The highest BCUT2D eigenvalue weighted by atomic mass is 79.9. The van der Waals surface area contributed by atoms with Gasteiger partial charge < -0.3 is 9.88 Å². The van der Waals surface area contributed by atoms with Gasteiger partial charge in [-0.2, -0.15) is 0 Å². The third-order valence-corrected chi connectivity index (χ3v) is 5.61. The van der Waals surface area contributed by atoms with Crippen LogP contribution in [0.2, 0.25) is 0 Å².